The molecule has 3 aromatic rings. The van der Waals surface area contributed by atoms with Crippen LogP contribution in [0, 0.1) is 5.92 Å². The number of piperidine rings is 1. The Morgan fingerprint density at radius 3 is 2.65 bits per heavy atom. The van der Waals surface area contributed by atoms with Crippen molar-refractivity contribution in [3.63, 3.8) is 0 Å². The van der Waals surface area contributed by atoms with E-state index >= 15 is 0 Å². The topological polar surface area (TPSA) is 46.3 Å². The number of nitrogens with zero attached hydrogens (tertiary/aromatic N) is 5. The van der Waals surface area contributed by atoms with Gasteiger partial charge in [-0.05, 0) is 86.7 Å². The van der Waals surface area contributed by atoms with Crippen LogP contribution in [-0.4, -0.2) is 51.3 Å². The lowest BCUT2D eigenvalue weighted by Gasteiger charge is -2.38. The number of pyridine rings is 1. The molecule has 0 spiro atoms. The second-order valence-electron chi connectivity index (χ2n) is 9.67. The van der Waals surface area contributed by atoms with Crippen molar-refractivity contribution in [1.29, 1.82) is 0 Å². The molecule has 3 heterocycles. The maximum atomic E-state index is 6.59. The SMILES string of the molecule is CN=C(C1=Cc2cccnc2[C@H](C2CCN(C(C)C)CC2)c2ccc(Cl)cc21)c1cncn1C. The van der Waals surface area contributed by atoms with E-state index in [0.29, 0.717) is 12.0 Å². The van der Waals surface area contributed by atoms with Gasteiger partial charge in [0.1, 0.15) is 0 Å². The minimum atomic E-state index is 0.219. The first-order chi connectivity index (χ1) is 16.5. The molecule has 0 unspecified atom stereocenters. The van der Waals surface area contributed by atoms with Gasteiger partial charge < -0.3 is 9.47 Å². The summed E-state index contributed by atoms with van der Waals surface area (Å²) in [4.78, 5) is 16.6. The van der Waals surface area contributed by atoms with Crippen LogP contribution in [0.4, 0.5) is 0 Å². The molecule has 2 aromatic heterocycles. The maximum Gasteiger partial charge on any atom is 0.0948 e. The normalized spacial score (nSPS) is 19.5. The first kappa shape index (κ1) is 23.0. The molecule has 1 aliphatic heterocycles. The van der Waals surface area contributed by atoms with Crippen LogP contribution in [0.1, 0.15) is 60.7 Å². The van der Waals surface area contributed by atoms with Gasteiger partial charge in [-0.1, -0.05) is 23.7 Å². The second kappa shape index (κ2) is 9.47. The molecule has 1 atom stereocenters. The third-order valence-electron chi connectivity index (χ3n) is 7.42. The van der Waals surface area contributed by atoms with Crippen molar-refractivity contribution in [2.75, 3.05) is 20.1 Å². The molecule has 1 fully saturated rings. The fourth-order valence-electron chi connectivity index (χ4n) is 5.63. The summed E-state index contributed by atoms with van der Waals surface area (Å²) in [7, 11) is 3.85. The molecule has 5 rings (SSSR count). The van der Waals surface area contributed by atoms with Crippen LogP contribution >= 0.6 is 11.6 Å². The average molecular weight is 474 g/mol. The number of fused-ring (bicyclic) bond motifs is 2. The van der Waals surface area contributed by atoms with Gasteiger partial charge in [0.25, 0.3) is 0 Å². The predicted molar refractivity (Wildman–Crippen MR) is 141 cm³/mol. The summed E-state index contributed by atoms with van der Waals surface area (Å²) >= 11 is 6.59. The Morgan fingerprint density at radius 2 is 1.97 bits per heavy atom. The maximum absolute atomic E-state index is 6.59. The number of allylic oxidation sites excluding steroid dienone is 1. The molecule has 1 aliphatic carbocycles. The lowest BCUT2D eigenvalue weighted by atomic mass is 9.75. The predicted octanol–water partition coefficient (Wildman–Crippen LogP) is 5.69. The first-order valence-corrected chi connectivity index (χ1v) is 12.5. The Balaban J connectivity index is 1.68. The molecule has 1 saturated heterocycles. The van der Waals surface area contributed by atoms with E-state index in [1.165, 1.54) is 5.56 Å². The monoisotopic (exact) mass is 473 g/mol. The van der Waals surface area contributed by atoms with Gasteiger partial charge in [0.15, 0.2) is 0 Å². The van der Waals surface area contributed by atoms with Gasteiger partial charge in [-0.3, -0.25) is 9.98 Å². The number of aryl methyl sites for hydroxylation is 1. The zero-order chi connectivity index (χ0) is 23.8. The van der Waals surface area contributed by atoms with Crippen molar-refractivity contribution >= 4 is 29.0 Å². The summed E-state index contributed by atoms with van der Waals surface area (Å²) in [6.45, 7) is 6.84. The summed E-state index contributed by atoms with van der Waals surface area (Å²) in [5.74, 6) is 0.742. The molecule has 0 saturated carbocycles. The van der Waals surface area contributed by atoms with E-state index in [4.69, 9.17) is 21.6 Å². The Bertz CT molecular complexity index is 1250. The number of hydrogen-bond acceptors (Lipinski definition) is 4. The Kier molecular flexibility index (Phi) is 6.41. The van der Waals surface area contributed by atoms with Crippen LogP contribution in [0.2, 0.25) is 5.02 Å². The lowest BCUT2D eigenvalue weighted by molar-refractivity contribution is 0.142. The highest BCUT2D eigenvalue weighted by Gasteiger charge is 2.35. The molecule has 0 radical (unpaired) electrons. The highest BCUT2D eigenvalue weighted by Crippen LogP contribution is 2.45. The van der Waals surface area contributed by atoms with E-state index < -0.39 is 0 Å². The number of aromatic nitrogens is 3. The van der Waals surface area contributed by atoms with E-state index in [0.717, 1.165) is 64.8 Å². The Hall–Kier alpha value is -2.76. The summed E-state index contributed by atoms with van der Waals surface area (Å²) in [5.41, 5.74) is 7.71. The van der Waals surface area contributed by atoms with E-state index in [2.05, 4.69) is 48.0 Å². The quantitative estimate of drug-likeness (QED) is 0.457. The molecule has 2 aliphatic rings. The van der Waals surface area contributed by atoms with E-state index in [-0.39, 0.29) is 5.92 Å². The molecule has 176 valence electrons. The number of rotatable bonds is 4. The van der Waals surface area contributed by atoms with Crippen LogP contribution < -0.4 is 0 Å². The van der Waals surface area contributed by atoms with Gasteiger partial charge in [0.05, 0.1) is 29.6 Å². The van der Waals surface area contributed by atoms with Gasteiger partial charge in [-0.25, -0.2) is 4.98 Å². The van der Waals surface area contributed by atoms with Gasteiger partial charge >= 0.3 is 0 Å². The third kappa shape index (κ3) is 4.12. The van der Waals surface area contributed by atoms with E-state index in [1.807, 2.05) is 49.5 Å². The molecule has 6 heteroatoms. The molecular formula is C28H32ClN5. The fourth-order valence-corrected chi connectivity index (χ4v) is 5.80. The van der Waals surface area contributed by atoms with Crippen molar-refractivity contribution in [3.8, 4) is 0 Å². The minimum absolute atomic E-state index is 0.219. The molecule has 0 amide bonds. The van der Waals surface area contributed by atoms with Crippen molar-refractivity contribution in [2.45, 2.75) is 38.6 Å². The Labute approximate surface area is 207 Å². The van der Waals surface area contributed by atoms with Gasteiger partial charge in [-0.15, -0.1) is 0 Å². The number of imidazole rings is 1. The third-order valence-corrected chi connectivity index (χ3v) is 7.66. The number of hydrogen-bond donors (Lipinski definition) is 0. The van der Waals surface area contributed by atoms with Crippen LogP contribution in [0.15, 0.2) is 54.0 Å². The second-order valence-corrected chi connectivity index (χ2v) is 10.1. The largest absolute Gasteiger partial charge is 0.332 e. The molecule has 0 N–H and O–H groups in total. The molecule has 0 bridgehead atoms. The average Bonchev–Trinajstić information content (AvgIpc) is 3.20. The van der Waals surface area contributed by atoms with Crippen molar-refractivity contribution in [1.82, 2.24) is 19.4 Å². The summed E-state index contributed by atoms with van der Waals surface area (Å²) in [6, 6.07) is 11.1. The van der Waals surface area contributed by atoms with Crippen molar-refractivity contribution < 1.29 is 0 Å². The Morgan fingerprint density at radius 1 is 1.18 bits per heavy atom. The number of halogens is 1. The molecule has 1 aromatic carbocycles. The van der Waals surface area contributed by atoms with Gasteiger partial charge in [0, 0.05) is 42.8 Å². The van der Waals surface area contributed by atoms with E-state index in [9.17, 15) is 0 Å². The molecular weight excluding hydrogens is 442 g/mol. The highest BCUT2D eigenvalue weighted by molar-refractivity contribution is 6.36. The molecule has 5 nitrogen and oxygen atoms in total. The zero-order valence-electron chi connectivity index (χ0n) is 20.4. The molecule has 34 heavy (non-hydrogen) atoms. The van der Waals surface area contributed by atoms with Crippen LogP contribution in [0.5, 0.6) is 0 Å². The lowest BCUT2D eigenvalue weighted by Crippen LogP contribution is -2.40. The summed E-state index contributed by atoms with van der Waals surface area (Å²) < 4.78 is 2.02. The van der Waals surface area contributed by atoms with E-state index in [1.54, 1.807) is 0 Å². The smallest absolute Gasteiger partial charge is 0.0948 e. The number of likely N-dealkylation sites (tertiary alicyclic amines) is 1. The number of benzene rings is 1. The first-order valence-electron chi connectivity index (χ1n) is 12.1. The highest BCUT2D eigenvalue weighted by atomic mass is 35.5. The van der Waals surface area contributed by atoms with Crippen LogP contribution in [0.3, 0.4) is 0 Å². The number of aliphatic imine (C=N–C) groups is 1. The van der Waals surface area contributed by atoms with Crippen molar-refractivity contribution in [3.05, 3.63) is 82.2 Å². The van der Waals surface area contributed by atoms with Crippen LogP contribution in [-0.2, 0) is 7.05 Å². The standard InChI is InChI=1S/C28H32ClN5/c1-18(2)34-12-9-19(10-13-34)26-22-8-7-21(29)15-23(22)24(14-20-6-5-11-32-27(20)26)28(30-3)25-16-31-17-33(25)4/h5-8,11,14-19,26H,9-10,12-13H2,1-4H3/t26-/m1/s1. The van der Waals surface area contributed by atoms with Crippen molar-refractivity contribution in [2.24, 2.45) is 18.0 Å². The fraction of sp³-hybridized carbons (Fsp3) is 0.393. The zero-order valence-corrected chi connectivity index (χ0v) is 21.1. The summed E-state index contributed by atoms with van der Waals surface area (Å²) in [5, 5.41) is 0.734. The summed E-state index contributed by atoms with van der Waals surface area (Å²) in [6.07, 6.45) is 10.2. The van der Waals surface area contributed by atoms with Gasteiger partial charge in [-0.2, -0.15) is 0 Å². The van der Waals surface area contributed by atoms with Crippen LogP contribution in [0.25, 0.3) is 11.6 Å². The van der Waals surface area contributed by atoms with Gasteiger partial charge in [0.2, 0.25) is 0 Å². The minimum Gasteiger partial charge on any atom is -0.332 e.